The maximum atomic E-state index is 14.1. The molecule has 0 bridgehead atoms. The van der Waals surface area contributed by atoms with Crippen LogP contribution >= 0.6 is 15.9 Å². The predicted octanol–water partition coefficient (Wildman–Crippen LogP) is 4.22. The van der Waals surface area contributed by atoms with E-state index >= 15 is 0 Å². The van der Waals surface area contributed by atoms with Crippen LogP contribution in [0.15, 0.2) is 47.2 Å². The molecule has 0 radical (unpaired) electrons. The zero-order chi connectivity index (χ0) is 16.9. The molecule has 0 aliphatic carbocycles. The van der Waals surface area contributed by atoms with Gasteiger partial charge in [-0.3, -0.25) is 0 Å². The summed E-state index contributed by atoms with van der Waals surface area (Å²) in [7, 11) is 0. The van der Waals surface area contributed by atoms with Crippen molar-refractivity contribution in [3.05, 3.63) is 58.6 Å². The third kappa shape index (κ3) is 2.64. The van der Waals surface area contributed by atoms with Crippen LogP contribution < -0.4 is 4.90 Å². The van der Waals surface area contributed by atoms with E-state index in [4.69, 9.17) is 0 Å². The van der Waals surface area contributed by atoms with E-state index in [2.05, 4.69) is 26.0 Å². The van der Waals surface area contributed by atoms with E-state index < -0.39 is 24.3 Å². The van der Waals surface area contributed by atoms with Gasteiger partial charge in [0.2, 0.25) is 0 Å². The number of benzene rings is 1. The Hall–Kier alpha value is -2.09. The molecule has 8 heteroatoms. The van der Waals surface area contributed by atoms with E-state index in [1.807, 2.05) is 0 Å². The highest BCUT2D eigenvalue weighted by Crippen LogP contribution is 2.43. The lowest BCUT2D eigenvalue weighted by atomic mass is 10.0. The van der Waals surface area contributed by atoms with Crippen LogP contribution in [0, 0.1) is 5.82 Å². The molecule has 0 saturated carbocycles. The number of halogens is 4. The predicted molar refractivity (Wildman–Crippen MR) is 86.7 cm³/mol. The van der Waals surface area contributed by atoms with Gasteiger partial charge in [-0.15, -0.1) is 0 Å². The van der Waals surface area contributed by atoms with Crippen LogP contribution in [-0.4, -0.2) is 27.1 Å². The van der Waals surface area contributed by atoms with Crippen LogP contribution in [0.25, 0.3) is 5.65 Å². The number of alkyl halides is 2. The molecule has 3 heterocycles. The van der Waals surface area contributed by atoms with Crippen LogP contribution in [0.1, 0.15) is 18.0 Å². The van der Waals surface area contributed by atoms with Crippen LogP contribution in [0.3, 0.4) is 0 Å². The summed E-state index contributed by atoms with van der Waals surface area (Å²) in [5, 5.41) is 4.09. The van der Waals surface area contributed by atoms with Gasteiger partial charge in [0.25, 0.3) is 5.92 Å². The Kier molecular flexibility index (Phi) is 3.52. The van der Waals surface area contributed by atoms with Crippen molar-refractivity contribution in [3.63, 3.8) is 0 Å². The van der Waals surface area contributed by atoms with Gasteiger partial charge in [0.1, 0.15) is 11.6 Å². The second kappa shape index (κ2) is 5.47. The smallest absolute Gasteiger partial charge is 0.267 e. The second-order valence-corrected chi connectivity index (χ2v) is 6.66. The molecule has 1 saturated heterocycles. The maximum absolute atomic E-state index is 14.1. The number of fused-ring (bicyclic) bond motifs is 1. The molecule has 0 N–H and O–H groups in total. The minimum atomic E-state index is -2.86. The van der Waals surface area contributed by atoms with Crippen LogP contribution in [0.5, 0.6) is 0 Å². The van der Waals surface area contributed by atoms with Gasteiger partial charge in [-0.25, -0.2) is 22.7 Å². The van der Waals surface area contributed by atoms with Crippen molar-refractivity contribution < 1.29 is 13.2 Å². The fourth-order valence-corrected chi connectivity index (χ4v) is 3.42. The highest BCUT2D eigenvalue weighted by Gasteiger charge is 2.46. The quantitative estimate of drug-likeness (QED) is 0.650. The van der Waals surface area contributed by atoms with Crippen LogP contribution in [0.2, 0.25) is 0 Å². The summed E-state index contributed by atoms with van der Waals surface area (Å²) in [4.78, 5) is 5.95. The van der Waals surface area contributed by atoms with Crippen molar-refractivity contribution in [3.8, 4) is 0 Å². The Morgan fingerprint density at radius 1 is 1.25 bits per heavy atom. The Labute approximate surface area is 144 Å². The lowest BCUT2D eigenvalue weighted by Gasteiger charge is -2.25. The Bertz CT molecular complexity index is 911. The minimum absolute atomic E-state index is 0.371. The first kappa shape index (κ1) is 15.4. The van der Waals surface area contributed by atoms with E-state index in [1.54, 1.807) is 29.0 Å². The zero-order valence-corrected chi connectivity index (χ0v) is 13.9. The summed E-state index contributed by atoms with van der Waals surface area (Å²) >= 11 is 3.34. The van der Waals surface area contributed by atoms with E-state index in [0.717, 1.165) is 0 Å². The molecule has 1 aliphatic heterocycles. The minimum Gasteiger partial charge on any atom is -0.343 e. The number of aromatic nitrogens is 3. The number of hydrogen-bond donors (Lipinski definition) is 0. The van der Waals surface area contributed by atoms with Gasteiger partial charge in [-0.05, 0) is 39.7 Å². The van der Waals surface area contributed by atoms with Crippen molar-refractivity contribution in [1.29, 1.82) is 0 Å². The van der Waals surface area contributed by atoms with Gasteiger partial charge in [0.05, 0.1) is 23.3 Å². The molecule has 1 aromatic carbocycles. The van der Waals surface area contributed by atoms with Crippen molar-refractivity contribution >= 4 is 27.4 Å². The average Bonchev–Trinajstić information content (AvgIpc) is 3.07. The van der Waals surface area contributed by atoms with Gasteiger partial charge in [-0.1, -0.05) is 12.1 Å². The topological polar surface area (TPSA) is 33.4 Å². The first-order valence-corrected chi connectivity index (χ1v) is 8.12. The van der Waals surface area contributed by atoms with Gasteiger partial charge in [0.15, 0.2) is 5.65 Å². The normalized spacial score (nSPS) is 20.0. The SMILES string of the molecule is Fc1cccc(C2CC(F)(F)CN2c2ccn3ncc(Br)c3n2)c1. The van der Waals surface area contributed by atoms with Crippen LogP contribution in [-0.2, 0) is 0 Å². The first-order valence-electron chi connectivity index (χ1n) is 7.33. The van der Waals surface area contributed by atoms with E-state index in [9.17, 15) is 13.2 Å². The molecule has 24 heavy (non-hydrogen) atoms. The zero-order valence-electron chi connectivity index (χ0n) is 12.3. The third-order valence-electron chi connectivity index (χ3n) is 4.11. The lowest BCUT2D eigenvalue weighted by Crippen LogP contribution is -2.27. The van der Waals surface area contributed by atoms with E-state index in [1.165, 1.54) is 23.1 Å². The van der Waals surface area contributed by atoms with Gasteiger partial charge in [-0.2, -0.15) is 5.10 Å². The fourth-order valence-electron chi connectivity index (χ4n) is 3.06. The number of hydrogen-bond acceptors (Lipinski definition) is 3. The molecule has 1 fully saturated rings. The molecule has 1 aliphatic rings. The van der Waals surface area contributed by atoms with Gasteiger partial charge >= 0.3 is 0 Å². The molecule has 0 amide bonds. The number of rotatable bonds is 2. The van der Waals surface area contributed by atoms with Crippen molar-refractivity contribution in [2.75, 3.05) is 11.4 Å². The highest BCUT2D eigenvalue weighted by atomic mass is 79.9. The van der Waals surface area contributed by atoms with Crippen molar-refractivity contribution in [2.24, 2.45) is 0 Å². The molecular formula is C16H12BrF3N4. The van der Waals surface area contributed by atoms with E-state index in [-0.39, 0.29) is 6.42 Å². The molecular weight excluding hydrogens is 385 g/mol. The Morgan fingerprint density at radius 2 is 2.08 bits per heavy atom. The van der Waals surface area contributed by atoms with Crippen LogP contribution in [0.4, 0.5) is 19.0 Å². The number of anilines is 1. The molecule has 124 valence electrons. The van der Waals surface area contributed by atoms with Gasteiger partial charge < -0.3 is 4.90 Å². The Morgan fingerprint density at radius 3 is 2.88 bits per heavy atom. The Balaban J connectivity index is 1.79. The molecule has 0 spiro atoms. The van der Waals surface area contributed by atoms with Crippen molar-refractivity contribution in [1.82, 2.24) is 14.6 Å². The summed E-state index contributed by atoms with van der Waals surface area (Å²) in [6.45, 7) is -0.455. The summed E-state index contributed by atoms with van der Waals surface area (Å²) in [6, 6.07) is 6.80. The standard InChI is InChI=1S/C16H12BrF3N4/c17-12-8-21-24-5-4-14(22-15(12)24)23-9-16(19,20)7-13(23)10-2-1-3-11(18)6-10/h1-6,8,13H,7,9H2. The number of nitrogens with zero attached hydrogens (tertiary/aromatic N) is 4. The molecule has 1 unspecified atom stereocenters. The summed E-state index contributed by atoms with van der Waals surface area (Å²) in [6.07, 6.45) is 2.89. The monoisotopic (exact) mass is 396 g/mol. The lowest BCUT2D eigenvalue weighted by molar-refractivity contribution is 0.0222. The fraction of sp³-hybridized carbons (Fsp3) is 0.250. The van der Waals surface area contributed by atoms with Gasteiger partial charge in [0, 0.05) is 12.6 Å². The molecule has 1 atom stereocenters. The average molecular weight is 397 g/mol. The molecule has 4 nitrogen and oxygen atoms in total. The molecule has 3 aromatic rings. The second-order valence-electron chi connectivity index (χ2n) is 5.81. The highest BCUT2D eigenvalue weighted by molar-refractivity contribution is 9.10. The first-order chi connectivity index (χ1) is 11.4. The maximum Gasteiger partial charge on any atom is 0.267 e. The van der Waals surface area contributed by atoms with Crippen molar-refractivity contribution in [2.45, 2.75) is 18.4 Å². The molecule has 4 rings (SSSR count). The molecule has 2 aromatic heterocycles. The van der Waals surface area contributed by atoms with E-state index in [0.29, 0.717) is 21.5 Å². The summed E-state index contributed by atoms with van der Waals surface area (Å²) in [5.74, 6) is -2.89. The summed E-state index contributed by atoms with van der Waals surface area (Å²) in [5.41, 5.74) is 1.06. The largest absolute Gasteiger partial charge is 0.343 e. The third-order valence-corrected chi connectivity index (χ3v) is 4.67. The summed E-state index contributed by atoms with van der Waals surface area (Å²) < 4.78 is 43.9.